The zero-order chi connectivity index (χ0) is 11.5. The minimum Gasteiger partial charge on any atom is -0.439 e. The SMILES string of the molecule is O=[N+]([O-])c1ccccc1-c1cnc(CCl)o1. The van der Waals surface area contributed by atoms with Crippen molar-refractivity contribution in [1.82, 2.24) is 4.98 Å². The van der Waals surface area contributed by atoms with Crippen molar-refractivity contribution in [2.75, 3.05) is 0 Å². The van der Waals surface area contributed by atoms with Crippen LogP contribution in [0.3, 0.4) is 0 Å². The average Bonchev–Trinajstić information content (AvgIpc) is 2.77. The van der Waals surface area contributed by atoms with E-state index >= 15 is 0 Å². The molecule has 0 spiro atoms. The molecule has 16 heavy (non-hydrogen) atoms. The highest BCUT2D eigenvalue weighted by molar-refractivity contribution is 6.16. The van der Waals surface area contributed by atoms with Crippen molar-refractivity contribution in [1.29, 1.82) is 0 Å². The van der Waals surface area contributed by atoms with Crippen LogP contribution in [-0.4, -0.2) is 9.91 Å². The number of rotatable bonds is 3. The van der Waals surface area contributed by atoms with Gasteiger partial charge in [0.15, 0.2) is 5.76 Å². The van der Waals surface area contributed by atoms with Crippen molar-refractivity contribution < 1.29 is 9.34 Å². The summed E-state index contributed by atoms with van der Waals surface area (Å²) in [6.07, 6.45) is 1.43. The molecule has 6 heteroatoms. The number of hydrogen-bond acceptors (Lipinski definition) is 4. The van der Waals surface area contributed by atoms with Gasteiger partial charge in [-0.25, -0.2) is 4.98 Å². The van der Waals surface area contributed by atoms with Gasteiger partial charge in [-0.1, -0.05) is 12.1 Å². The lowest BCUT2D eigenvalue weighted by Gasteiger charge is -1.97. The van der Waals surface area contributed by atoms with Crippen molar-refractivity contribution >= 4 is 17.3 Å². The molecule has 0 fully saturated rings. The van der Waals surface area contributed by atoms with Crippen LogP contribution >= 0.6 is 11.6 Å². The Labute approximate surface area is 95.8 Å². The molecular formula is C10H7ClN2O3. The van der Waals surface area contributed by atoms with Gasteiger partial charge in [0, 0.05) is 6.07 Å². The fourth-order valence-electron chi connectivity index (χ4n) is 1.34. The first kappa shape index (κ1) is 10.6. The maximum Gasteiger partial charge on any atom is 0.280 e. The maximum atomic E-state index is 10.8. The zero-order valence-corrected chi connectivity index (χ0v) is 8.85. The first-order valence-electron chi connectivity index (χ1n) is 4.47. The van der Waals surface area contributed by atoms with Crippen LogP contribution < -0.4 is 0 Å². The Balaban J connectivity index is 2.50. The number of hydrogen-bond donors (Lipinski definition) is 0. The van der Waals surface area contributed by atoms with E-state index < -0.39 is 4.92 Å². The predicted octanol–water partition coefficient (Wildman–Crippen LogP) is 2.99. The number of halogens is 1. The molecule has 2 rings (SSSR count). The number of nitro benzene ring substituents is 1. The molecule has 0 atom stereocenters. The Morgan fingerprint density at radius 1 is 1.44 bits per heavy atom. The molecule has 0 amide bonds. The molecular weight excluding hydrogens is 232 g/mol. The van der Waals surface area contributed by atoms with Gasteiger partial charge in [0.05, 0.1) is 22.6 Å². The van der Waals surface area contributed by atoms with Gasteiger partial charge in [0.2, 0.25) is 5.89 Å². The molecule has 0 N–H and O–H groups in total. The zero-order valence-electron chi connectivity index (χ0n) is 8.09. The van der Waals surface area contributed by atoms with Crippen molar-refractivity contribution in [2.45, 2.75) is 5.88 Å². The van der Waals surface area contributed by atoms with Gasteiger partial charge in [-0.3, -0.25) is 10.1 Å². The summed E-state index contributed by atoms with van der Waals surface area (Å²) in [4.78, 5) is 14.2. The van der Waals surface area contributed by atoms with E-state index in [1.165, 1.54) is 12.3 Å². The van der Waals surface area contributed by atoms with Crippen LogP contribution in [0.5, 0.6) is 0 Å². The summed E-state index contributed by atoms with van der Waals surface area (Å²) < 4.78 is 5.26. The summed E-state index contributed by atoms with van der Waals surface area (Å²) in [6, 6.07) is 6.32. The lowest BCUT2D eigenvalue weighted by molar-refractivity contribution is -0.384. The number of nitro groups is 1. The summed E-state index contributed by atoms with van der Waals surface area (Å²) in [7, 11) is 0. The topological polar surface area (TPSA) is 69.2 Å². The van der Waals surface area contributed by atoms with Crippen LogP contribution in [0, 0.1) is 10.1 Å². The quantitative estimate of drug-likeness (QED) is 0.468. The van der Waals surface area contributed by atoms with E-state index in [0.29, 0.717) is 17.2 Å². The molecule has 82 valence electrons. The van der Waals surface area contributed by atoms with Crippen LogP contribution in [0.1, 0.15) is 5.89 Å². The van der Waals surface area contributed by atoms with Crippen LogP contribution in [0.25, 0.3) is 11.3 Å². The van der Waals surface area contributed by atoms with Crippen molar-refractivity contribution in [3.8, 4) is 11.3 Å². The molecule has 0 aliphatic heterocycles. The largest absolute Gasteiger partial charge is 0.439 e. The molecule has 0 radical (unpaired) electrons. The van der Waals surface area contributed by atoms with Crippen LogP contribution in [0.4, 0.5) is 5.69 Å². The van der Waals surface area contributed by atoms with E-state index in [4.69, 9.17) is 16.0 Å². The lowest BCUT2D eigenvalue weighted by atomic mass is 10.1. The van der Waals surface area contributed by atoms with E-state index in [1.54, 1.807) is 18.2 Å². The fraction of sp³-hybridized carbons (Fsp3) is 0.100. The van der Waals surface area contributed by atoms with Crippen LogP contribution in [0.2, 0.25) is 0 Å². The summed E-state index contributed by atoms with van der Waals surface area (Å²) in [6.45, 7) is 0. The Morgan fingerprint density at radius 3 is 2.81 bits per heavy atom. The Kier molecular flexibility index (Phi) is 2.87. The van der Waals surface area contributed by atoms with Gasteiger partial charge in [-0.05, 0) is 6.07 Å². The van der Waals surface area contributed by atoms with Crippen molar-refractivity contribution in [3.05, 3.63) is 46.5 Å². The second-order valence-corrected chi connectivity index (χ2v) is 3.29. The smallest absolute Gasteiger partial charge is 0.280 e. The highest BCUT2D eigenvalue weighted by Gasteiger charge is 2.17. The number of nitrogens with zero attached hydrogens (tertiary/aromatic N) is 2. The van der Waals surface area contributed by atoms with E-state index in [1.807, 2.05) is 0 Å². The molecule has 0 aliphatic rings. The van der Waals surface area contributed by atoms with E-state index in [-0.39, 0.29) is 11.6 Å². The average molecular weight is 239 g/mol. The second kappa shape index (κ2) is 4.32. The van der Waals surface area contributed by atoms with Crippen molar-refractivity contribution in [3.63, 3.8) is 0 Å². The molecule has 1 aromatic heterocycles. The van der Waals surface area contributed by atoms with Crippen LogP contribution in [0.15, 0.2) is 34.9 Å². The number of aromatic nitrogens is 1. The van der Waals surface area contributed by atoms with Gasteiger partial charge in [-0.15, -0.1) is 11.6 Å². The molecule has 0 saturated carbocycles. The van der Waals surface area contributed by atoms with Gasteiger partial charge in [0.25, 0.3) is 5.69 Å². The number of alkyl halides is 1. The monoisotopic (exact) mass is 238 g/mol. The van der Waals surface area contributed by atoms with Gasteiger partial charge >= 0.3 is 0 Å². The fourth-order valence-corrected chi connectivity index (χ4v) is 1.46. The number of para-hydroxylation sites is 1. The molecule has 1 aromatic carbocycles. The van der Waals surface area contributed by atoms with Crippen LogP contribution in [-0.2, 0) is 5.88 Å². The molecule has 0 saturated heterocycles. The summed E-state index contributed by atoms with van der Waals surface area (Å²) in [5, 5.41) is 10.8. The number of oxazole rings is 1. The first-order valence-corrected chi connectivity index (χ1v) is 5.00. The Bertz CT molecular complexity index is 524. The van der Waals surface area contributed by atoms with E-state index in [9.17, 15) is 10.1 Å². The molecule has 1 heterocycles. The normalized spacial score (nSPS) is 10.3. The third kappa shape index (κ3) is 1.90. The highest BCUT2D eigenvalue weighted by Crippen LogP contribution is 2.29. The minimum absolute atomic E-state index is 0.0141. The molecule has 0 aliphatic carbocycles. The molecule has 2 aromatic rings. The van der Waals surface area contributed by atoms with E-state index in [0.717, 1.165) is 0 Å². The van der Waals surface area contributed by atoms with Gasteiger partial charge in [0.1, 0.15) is 0 Å². The second-order valence-electron chi connectivity index (χ2n) is 3.03. The third-order valence-electron chi connectivity index (χ3n) is 2.03. The first-order chi connectivity index (χ1) is 7.72. The van der Waals surface area contributed by atoms with Crippen molar-refractivity contribution in [2.24, 2.45) is 0 Å². The highest BCUT2D eigenvalue weighted by atomic mass is 35.5. The standard InChI is InChI=1S/C10H7ClN2O3/c11-5-10-12-6-9(16-10)7-3-1-2-4-8(7)13(14)15/h1-4,6H,5H2. The maximum absolute atomic E-state index is 10.8. The predicted molar refractivity (Wildman–Crippen MR) is 58.2 cm³/mol. The summed E-state index contributed by atoms with van der Waals surface area (Å²) >= 11 is 5.54. The lowest BCUT2D eigenvalue weighted by Crippen LogP contribution is -1.90. The Hall–Kier alpha value is -1.88. The summed E-state index contributed by atoms with van der Waals surface area (Å²) in [5.74, 6) is 0.832. The molecule has 5 nitrogen and oxygen atoms in total. The molecule has 0 bridgehead atoms. The summed E-state index contributed by atoms with van der Waals surface area (Å²) in [5.41, 5.74) is 0.385. The molecule has 0 unspecified atom stereocenters. The third-order valence-corrected chi connectivity index (χ3v) is 2.26. The van der Waals surface area contributed by atoms with Gasteiger partial charge < -0.3 is 4.42 Å². The number of benzene rings is 1. The minimum atomic E-state index is -0.460. The Morgan fingerprint density at radius 2 is 2.19 bits per heavy atom. The van der Waals surface area contributed by atoms with Gasteiger partial charge in [-0.2, -0.15) is 0 Å². The van der Waals surface area contributed by atoms with E-state index in [2.05, 4.69) is 4.98 Å².